The Morgan fingerprint density at radius 3 is 2.42 bits per heavy atom. The van der Waals surface area contributed by atoms with E-state index in [0.717, 1.165) is 57.5 Å². The van der Waals surface area contributed by atoms with E-state index < -0.39 is 16.2 Å². The van der Waals surface area contributed by atoms with Crippen LogP contribution in [0, 0.1) is 6.92 Å². The summed E-state index contributed by atoms with van der Waals surface area (Å²) in [5.41, 5.74) is 5.98. The van der Waals surface area contributed by atoms with Gasteiger partial charge >= 0.3 is 0 Å². The highest BCUT2D eigenvalue weighted by atomic mass is 32.2. The Morgan fingerprint density at radius 1 is 0.978 bits per heavy atom. The highest BCUT2D eigenvalue weighted by Crippen LogP contribution is 2.31. The molecular weight excluding hydrogens is 588 g/mol. The molecule has 0 saturated carbocycles. The maximum absolute atomic E-state index is 13.1. The lowest BCUT2D eigenvalue weighted by Gasteiger charge is -2.28. The fourth-order valence-electron chi connectivity index (χ4n) is 5.56. The molecule has 2 atom stereocenters. The van der Waals surface area contributed by atoms with Gasteiger partial charge in [0.05, 0.1) is 42.5 Å². The molecule has 5 aromatic rings. The van der Waals surface area contributed by atoms with E-state index in [1.54, 1.807) is 30.5 Å². The van der Waals surface area contributed by atoms with Crippen LogP contribution in [0.3, 0.4) is 0 Å². The SMILES string of the molecule is Cc1ccc(S(=O)(=O)OCC(Cn2c(-c3ccc(-c4ccc(N(C)C)nc4)cc3)cc3ccncc32)OC2CCCOC2)cc1. The van der Waals surface area contributed by atoms with Gasteiger partial charge < -0.3 is 18.9 Å². The summed E-state index contributed by atoms with van der Waals surface area (Å²) in [5.74, 6) is 0.903. The predicted molar refractivity (Wildman–Crippen MR) is 176 cm³/mol. The summed E-state index contributed by atoms with van der Waals surface area (Å²) in [6.45, 7) is 3.30. The molecule has 4 heterocycles. The lowest BCUT2D eigenvalue weighted by atomic mass is 10.0. The zero-order valence-electron chi connectivity index (χ0n) is 25.8. The number of benzene rings is 2. The van der Waals surface area contributed by atoms with Crippen molar-refractivity contribution in [2.45, 2.75) is 43.4 Å². The van der Waals surface area contributed by atoms with E-state index in [2.05, 4.69) is 50.9 Å². The number of rotatable bonds is 11. The normalized spacial score (nSPS) is 16.1. The lowest BCUT2D eigenvalue weighted by molar-refractivity contribution is -0.0973. The largest absolute Gasteiger partial charge is 0.379 e. The average molecular weight is 627 g/mol. The zero-order valence-corrected chi connectivity index (χ0v) is 26.6. The van der Waals surface area contributed by atoms with E-state index in [9.17, 15) is 8.42 Å². The smallest absolute Gasteiger partial charge is 0.297 e. The Balaban J connectivity index is 1.29. The summed E-state index contributed by atoms with van der Waals surface area (Å²) >= 11 is 0. The molecule has 1 fully saturated rings. The third-order valence-electron chi connectivity index (χ3n) is 8.03. The van der Waals surface area contributed by atoms with Crippen molar-refractivity contribution in [2.75, 3.05) is 38.8 Å². The Kier molecular flexibility index (Phi) is 9.27. The number of fused-ring (bicyclic) bond motifs is 1. The number of hydrogen-bond donors (Lipinski definition) is 0. The monoisotopic (exact) mass is 626 g/mol. The van der Waals surface area contributed by atoms with Crippen molar-refractivity contribution in [3.63, 3.8) is 0 Å². The molecule has 0 aliphatic carbocycles. The Labute approximate surface area is 264 Å². The van der Waals surface area contributed by atoms with Crippen LogP contribution in [0.5, 0.6) is 0 Å². The van der Waals surface area contributed by atoms with Gasteiger partial charge in [0.15, 0.2) is 0 Å². The van der Waals surface area contributed by atoms with Gasteiger partial charge in [0.1, 0.15) is 11.9 Å². The van der Waals surface area contributed by atoms with Crippen LogP contribution in [-0.2, 0) is 30.3 Å². The van der Waals surface area contributed by atoms with E-state index in [1.807, 2.05) is 50.4 Å². The summed E-state index contributed by atoms with van der Waals surface area (Å²) in [6.07, 6.45) is 6.50. The second-order valence-corrected chi connectivity index (χ2v) is 13.2. The third kappa shape index (κ3) is 7.26. The fraction of sp³-hybridized carbons (Fsp3) is 0.314. The van der Waals surface area contributed by atoms with Gasteiger partial charge in [-0.05, 0) is 67.3 Å². The Morgan fingerprint density at radius 2 is 1.73 bits per heavy atom. The quantitative estimate of drug-likeness (QED) is 0.162. The van der Waals surface area contributed by atoms with Crippen LogP contribution < -0.4 is 4.90 Å². The molecule has 1 aliphatic rings. The van der Waals surface area contributed by atoms with Gasteiger partial charge in [-0.1, -0.05) is 42.0 Å². The molecule has 9 nitrogen and oxygen atoms in total. The van der Waals surface area contributed by atoms with Crippen molar-refractivity contribution in [2.24, 2.45) is 0 Å². The summed E-state index contributed by atoms with van der Waals surface area (Å²) < 4.78 is 46.2. The van der Waals surface area contributed by atoms with Gasteiger partial charge in [-0.15, -0.1) is 0 Å². The van der Waals surface area contributed by atoms with Gasteiger partial charge in [-0.2, -0.15) is 8.42 Å². The number of aryl methyl sites for hydroxylation is 1. The van der Waals surface area contributed by atoms with E-state index in [-0.39, 0.29) is 17.6 Å². The highest BCUT2D eigenvalue weighted by Gasteiger charge is 2.25. The minimum Gasteiger partial charge on any atom is -0.379 e. The first-order chi connectivity index (χ1) is 21.8. The zero-order chi connectivity index (χ0) is 31.4. The molecule has 2 aromatic carbocycles. The topological polar surface area (TPSA) is 95.8 Å². The molecule has 0 N–H and O–H groups in total. The number of hydrogen-bond acceptors (Lipinski definition) is 8. The maximum atomic E-state index is 13.1. The molecule has 1 saturated heterocycles. The molecule has 6 rings (SSSR count). The van der Waals surface area contributed by atoms with Gasteiger partial charge in [-0.3, -0.25) is 9.17 Å². The van der Waals surface area contributed by atoms with Crippen molar-refractivity contribution in [1.29, 1.82) is 0 Å². The number of pyridine rings is 2. The van der Waals surface area contributed by atoms with Crippen molar-refractivity contribution in [3.8, 4) is 22.4 Å². The van der Waals surface area contributed by atoms with Crippen molar-refractivity contribution in [1.82, 2.24) is 14.5 Å². The van der Waals surface area contributed by atoms with Crippen LogP contribution in [0.2, 0.25) is 0 Å². The molecule has 0 amide bonds. The molecule has 3 aromatic heterocycles. The van der Waals surface area contributed by atoms with Crippen LogP contribution in [0.15, 0.2) is 96.3 Å². The molecule has 2 unspecified atom stereocenters. The molecule has 0 spiro atoms. The first-order valence-corrected chi connectivity index (χ1v) is 16.5. The molecular formula is C35H38N4O5S. The van der Waals surface area contributed by atoms with E-state index >= 15 is 0 Å². The standard InChI is InChI=1S/C35H38N4O5S/c1-25-6-13-32(14-7-25)45(40,41)43-24-31(44-30-5-4-18-42-23-30)22-39-33(19-28-16-17-36-21-34(28)39)27-10-8-26(9-11-27)29-12-15-35(37-20-29)38(2)3/h6-17,19-21,30-31H,4-5,18,22-24H2,1-3H3. The summed E-state index contributed by atoms with van der Waals surface area (Å²) in [6, 6.07) is 23.2. The fourth-order valence-corrected chi connectivity index (χ4v) is 6.49. The van der Waals surface area contributed by atoms with Gasteiger partial charge in [0.25, 0.3) is 10.1 Å². The van der Waals surface area contributed by atoms with Crippen LogP contribution >= 0.6 is 0 Å². The van der Waals surface area contributed by atoms with Crippen molar-refractivity contribution < 1.29 is 22.1 Å². The first kappa shape index (κ1) is 30.9. The second-order valence-electron chi connectivity index (χ2n) is 11.6. The molecule has 45 heavy (non-hydrogen) atoms. The highest BCUT2D eigenvalue weighted by molar-refractivity contribution is 7.86. The molecule has 1 aliphatic heterocycles. The predicted octanol–water partition coefficient (Wildman–Crippen LogP) is 6.11. The lowest BCUT2D eigenvalue weighted by Crippen LogP contribution is -2.35. The van der Waals surface area contributed by atoms with Crippen molar-refractivity contribution in [3.05, 3.63) is 97.0 Å². The molecule has 0 radical (unpaired) electrons. The van der Waals surface area contributed by atoms with Crippen molar-refractivity contribution >= 4 is 26.8 Å². The van der Waals surface area contributed by atoms with Crippen LogP contribution in [0.4, 0.5) is 5.82 Å². The summed E-state index contributed by atoms with van der Waals surface area (Å²) in [4.78, 5) is 11.0. The average Bonchev–Trinajstić information content (AvgIpc) is 3.42. The number of aromatic nitrogens is 3. The van der Waals surface area contributed by atoms with E-state index in [1.165, 1.54) is 0 Å². The number of ether oxygens (including phenoxy) is 2. The maximum Gasteiger partial charge on any atom is 0.297 e. The second kappa shape index (κ2) is 13.5. The molecule has 10 heteroatoms. The Hall–Kier alpha value is -4.09. The van der Waals surface area contributed by atoms with E-state index in [4.69, 9.17) is 13.7 Å². The first-order valence-electron chi connectivity index (χ1n) is 15.1. The number of anilines is 1. The molecule has 0 bridgehead atoms. The summed E-state index contributed by atoms with van der Waals surface area (Å²) in [5, 5.41) is 1.03. The minimum atomic E-state index is -3.98. The molecule has 234 valence electrons. The van der Waals surface area contributed by atoms with Crippen LogP contribution in [0.1, 0.15) is 18.4 Å². The minimum absolute atomic E-state index is 0.121. The van der Waals surface area contributed by atoms with Crippen LogP contribution in [-0.4, -0.2) is 69.1 Å². The number of nitrogens with zero attached hydrogens (tertiary/aromatic N) is 4. The summed E-state index contributed by atoms with van der Waals surface area (Å²) in [7, 11) is -0.0334. The van der Waals surface area contributed by atoms with Gasteiger partial charge in [0, 0.05) is 49.7 Å². The Bertz CT molecular complexity index is 1830. The third-order valence-corrected chi connectivity index (χ3v) is 9.33. The van der Waals surface area contributed by atoms with Gasteiger partial charge in [0.2, 0.25) is 0 Å². The van der Waals surface area contributed by atoms with Crippen LogP contribution in [0.25, 0.3) is 33.3 Å². The van der Waals surface area contributed by atoms with Gasteiger partial charge in [-0.25, -0.2) is 4.98 Å². The van der Waals surface area contributed by atoms with E-state index in [0.29, 0.717) is 19.8 Å².